The molecule has 2 N–H and O–H groups in total. The monoisotopic (exact) mass is 264 g/mol. The van der Waals surface area contributed by atoms with E-state index in [1.165, 1.54) is 12.8 Å². The normalized spacial score (nSPS) is 17.6. The van der Waals surface area contributed by atoms with Crippen molar-refractivity contribution in [2.45, 2.75) is 39.2 Å². The SMILES string of the molecule is COc1cc(C)nc(CNCC2(CO)CCCC2)c1. The molecular formula is C15H24N2O2. The average molecular weight is 264 g/mol. The molecule has 0 unspecified atom stereocenters. The number of hydrogen-bond acceptors (Lipinski definition) is 4. The second-order valence-electron chi connectivity index (χ2n) is 5.61. The highest BCUT2D eigenvalue weighted by atomic mass is 16.5. The van der Waals surface area contributed by atoms with Gasteiger partial charge in [-0.05, 0) is 19.8 Å². The number of aromatic nitrogens is 1. The molecule has 0 radical (unpaired) electrons. The molecule has 106 valence electrons. The summed E-state index contributed by atoms with van der Waals surface area (Å²) in [6.45, 7) is 3.84. The number of methoxy groups -OCH3 is 1. The van der Waals surface area contributed by atoms with E-state index in [1.807, 2.05) is 19.1 Å². The van der Waals surface area contributed by atoms with Crippen molar-refractivity contribution in [1.29, 1.82) is 0 Å². The molecule has 1 heterocycles. The molecule has 2 rings (SSSR count). The Labute approximate surface area is 115 Å². The van der Waals surface area contributed by atoms with Crippen LogP contribution < -0.4 is 10.1 Å². The minimum atomic E-state index is 0.0912. The molecule has 4 heteroatoms. The fraction of sp³-hybridized carbons (Fsp3) is 0.667. The Morgan fingerprint density at radius 2 is 2.11 bits per heavy atom. The van der Waals surface area contributed by atoms with Crippen LogP contribution in [0.15, 0.2) is 12.1 Å². The molecule has 0 spiro atoms. The highest BCUT2D eigenvalue weighted by Gasteiger charge is 2.32. The Kier molecular flexibility index (Phi) is 4.77. The van der Waals surface area contributed by atoms with Crippen LogP contribution in [0.4, 0.5) is 0 Å². The van der Waals surface area contributed by atoms with E-state index >= 15 is 0 Å². The molecule has 0 bridgehead atoms. The number of aliphatic hydroxyl groups excluding tert-OH is 1. The first-order valence-corrected chi connectivity index (χ1v) is 7.01. The molecule has 1 fully saturated rings. The molecule has 1 aliphatic rings. The third kappa shape index (κ3) is 3.67. The molecule has 19 heavy (non-hydrogen) atoms. The van der Waals surface area contributed by atoms with Crippen LogP contribution in [0.2, 0.25) is 0 Å². The van der Waals surface area contributed by atoms with Crippen molar-refractivity contribution >= 4 is 0 Å². The van der Waals surface area contributed by atoms with Gasteiger partial charge in [0.25, 0.3) is 0 Å². The summed E-state index contributed by atoms with van der Waals surface area (Å²) in [7, 11) is 1.67. The summed E-state index contributed by atoms with van der Waals surface area (Å²) in [6.07, 6.45) is 4.72. The highest BCUT2D eigenvalue weighted by Crippen LogP contribution is 2.36. The lowest BCUT2D eigenvalue weighted by atomic mass is 9.87. The summed E-state index contributed by atoms with van der Waals surface area (Å²) in [5.41, 5.74) is 2.05. The number of pyridine rings is 1. The molecule has 1 aromatic heterocycles. The van der Waals surface area contributed by atoms with Gasteiger partial charge in [0.05, 0.1) is 12.8 Å². The zero-order valence-corrected chi connectivity index (χ0v) is 11.9. The van der Waals surface area contributed by atoms with Crippen molar-refractivity contribution in [3.8, 4) is 5.75 Å². The smallest absolute Gasteiger partial charge is 0.122 e. The number of nitrogens with zero attached hydrogens (tertiary/aromatic N) is 1. The molecule has 0 amide bonds. The van der Waals surface area contributed by atoms with Crippen molar-refractivity contribution in [3.05, 3.63) is 23.5 Å². The van der Waals surface area contributed by atoms with E-state index in [-0.39, 0.29) is 12.0 Å². The van der Waals surface area contributed by atoms with E-state index in [0.29, 0.717) is 0 Å². The quantitative estimate of drug-likeness (QED) is 0.825. The van der Waals surface area contributed by atoms with E-state index in [4.69, 9.17) is 4.74 Å². The van der Waals surface area contributed by atoms with Gasteiger partial charge >= 0.3 is 0 Å². The van der Waals surface area contributed by atoms with Crippen LogP contribution in [0.3, 0.4) is 0 Å². The number of hydrogen-bond donors (Lipinski definition) is 2. The van der Waals surface area contributed by atoms with Gasteiger partial charge in [-0.1, -0.05) is 12.8 Å². The molecule has 0 aliphatic heterocycles. The lowest BCUT2D eigenvalue weighted by molar-refractivity contribution is 0.128. The van der Waals surface area contributed by atoms with Crippen molar-refractivity contribution in [2.24, 2.45) is 5.41 Å². The first kappa shape index (κ1) is 14.3. The second-order valence-corrected chi connectivity index (χ2v) is 5.61. The predicted molar refractivity (Wildman–Crippen MR) is 75.2 cm³/mol. The second kappa shape index (κ2) is 6.35. The van der Waals surface area contributed by atoms with Crippen LogP contribution in [0.1, 0.15) is 37.1 Å². The van der Waals surface area contributed by atoms with Crippen LogP contribution >= 0.6 is 0 Å². The zero-order chi connectivity index (χ0) is 13.7. The van der Waals surface area contributed by atoms with Crippen LogP contribution in [0.25, 0.3) is 0 Å². The van der Waals surface area contributed by atoms with Gasteiger partial charge in [0, 0.05) is 42.9 Å². The van der Waals surface area contributed by atoms with Crippen molar-refractivity contribution in [1.82, 2.24) is 10.3 Å². The number of aryl methyl sites for hydroxylation is 1. The minimum absolute atomic E-state index is 0.0912. The third-order valence-corrected chi connectivity index (χ3v) is 4.02. The van der Waals surface area contributed by atoms with Crippen molar-refractivity contribution < 1.29 is 9.84 Å². The summed E-state index contributed by atoms with van der Waals surface area (Å²) >= 11 is 0. The largest absolute Gasteiger partial charge is 0.497 e. The van der Waals surface area contributed by atoms with Crippen LogP contribution in [-0.2, 0) is 6.54 Å². The van der Waals surface area contributed by atoms with Gasteiger partial charge in [0.15, 0.2) is 0 Å². The lowest BCUT2D eigenvalue weighted by Crippen LogP contribution is -2.35. The average Bonchev–Trinajstić information content (AvgIpc) is 2.87. The lowest BCUT2D eigenvalue weighted by Gasteiger charge is -2.26. The zero-order valence-electron chi connectivity index (χ0n) is 11.9. The summed E-state index contributed by atoms with van der Waals surface area (Å²) in [5.74, 6) is 0.849. The van der Waals surface area contributed by atoms with E-state index in [9.17, 15) is 5.11 Å². The first-order chi connectivity index (χ1) is 9.17. The van der Waals surface area contributed by atoms with E-state index < -0.39 is 0 Å². The maximum Gasteiger partial charge on any atom is 0.122 e. The Bertz CT molecular complexity index is 415. The van der Waals surface area contributed by atoms with Gasteiger partial charge in [-0.25, -0.2) is 0 Å². The Balaban J connectivity index is 1.90. The number of ether oxygens (including phenoxy) is 1. The molecule has 1 aromatic rings. The molecule has 0 aromatic carbocycles. The van der Waals surface area contributed by atoms with Gasteiger partial charge in [-0.15, -0.1) is 0 Å². The Morgan fingerprint density at radius 3 is 2.74 bits per heavy atom. The van der Waals surface area contributed by atoms with E-state index in [2.05, 4.69) is 10.3 Å². The highest BCUT2D eigenvalue weighted by molar-refractivity contribution is 5.26. The number of aliphatic hydroxyl groups is 1. The standard InChI is InChI=1S/C15H24N2O2/c1-12-7-14(19-2)8-13(17-12)9-16-10-15(11-18)5-3-4-6-15/h7-8,16,18H,3-6,9-11H2,1-2H3. The summed E-state index contributed by atoms with van der Waals surface area (Å²) in [6, 6.07) is 3.88. The molecule has 4 nitrogen and oxygen atoms in total. The molecule has 1 saturated carbocycles. The fourth-order valence-corrected chi connectivity index (χ4v) is 2.88. The summed E-state index contributed by atoms with van der Waals surface area (Å²) in [4.78, 5) is 4.49. The van der Waals surface area contributed by atoms with Gasteiger partial charge in [-0.3, -0.25) is 4.98 Å². The van der Waals surface area contributed by atoms with Crippen LogP contribution in [0, 0.1) is 12.3 Å². The molecular weight excluding hydrogens is 240 g/mol. The van der Waals surface area contributed by atoms with E-state index in [1.54, 1.807) is 7.11 Å². The van der Waals surface area contributed by atoms with Gasteiger partial charge in [0.1, 0.15) is 5.75 Å². The van der Waals surface area contributed by atoms with Crippen LogP contribution in [0.5, 0.6) is 5.75 Å². The Hall–Kier alpha value is -1.13. The Morgan fingerprint density at radius 1 is 1.37 bits per heavy atom. The summed E-state index contributed by atoms with van der Waals surface area (Å²) < 4.78 is 5.25. The van der Waals surface area contributed by atoms with Gasteiger partial charge < -0.3 is 15.2 Å². The molecule has 0 saturated heterocycles. The minimum Gasteiger partial charge on any atom is -0.497 e. The molecule has 0 atom stereocenters. The number of rotatable bonds is 6. The first-order valence-electron chi connectivity index (χ1n) is 7.01. The van der Waals surface area contributed by atoms with Crippen LogP contribution in [-0.4, -0.2) is 30.4 Å². The van der Waals surface area contributed by atoms with Gasteiger partial charge in [-0.2, -0.15) is 0 Å². The maximum absolute atomic E-state index is 9.56. The van der Waals surface area contributed by atoms with Crippen molar-refractivity contribution in [2.75, 3.05) is 20.3 Å². The predicted octanol–water partition coefficient (Wildman–Crippen LogP) is 2.04. The fourth-order valence-electron chi connectivity index (χ4n) is 2.88. The van der Waals surface area contributed by atoms with Gasteiger partial charge in [0.2, 0.25) is 0 Å². The number of nitrogens with one attached hydrogen (secondary N) is 1. The van der Waals surface area contributed by atoms with E-state index in [0.717, 1.165) is 43.1 Å². The topological polar surface area (TPSA) is 54.4 Å². The van der Waals surface area contributed by atoms with Crippen molar-refractivity contribution in [3.63, 3.8) is 0 Å². The molecule has 1 aliphatic carbocycles. The summed E-state index contributed by atoms with van der Waals surface area (Å²) in [5, 5.41) is 13.0. The third-order valence-electron chi connectivity index (χ3n) is 4.02. The maximum atomic E-state index is 9.56.